The fraction of sp³-hybridized carbons (Fsp3) is 0.857. The third kappa shape index (κ3) is 1.19. The molecule has 0 aliphatic heterocycles. The maximum atomic E-state index is 2.31. The van der Waals surface area contributed by atoms with Gasteiger partial charge in [0.2, 0.25) is 0 Å². The molecule has 1 rings (SSSR count). The van der Waals surface area contributed by atoms with Crippen LogP contribution in [0.2, 0.25) is 0 Å². The Kier molecular flexibility index (Phi) is 1.36. The fourth-order valence-electron chi connectivity index (χ4n) is 1.00. The summed E-state index contributed by atoms with van der Waals surface area (Å²) in [4.78, 5) is 0. The molecule has 0 heteroatoms. The molecule has 1 atom stereocenters. The topological polar surface area (TPSA) is 0 Å². The van der Waals surface area contributed by atoms with Crippen LogP contribution in [0, 0.1) is 11.8 Å². The van der Waals surface area contributed by atoms with E-state index < -0.39 is 0 Å². The molecule has 0 spiro atoms. The lowest BCUT2D eigenvalue weighted by Crippen LogP contribution is -1.71. The summed E-state index contributed by atoms with van der Waals surface area (Å²) < 4.78 is 0. The fourth-order valence-corrected chi connectivity index (χ4v) is 1.00. The molecule has 0 aromatic carbocycles. The molecule has 1 radical (unpaired) electrons. The second-order valence-corrected chi connectivity index (χ2v) is 2.51. The van der Waals surface area contributed by atoms with E-state index >= 15 is 0 Å². The lowest BCUT2D eigenvalue weighted by atomic mass is 10.2. The predicted molar refractivity (Wildman–Crippen MR) is 31.9 cm³/mol. The molecule has 0 saturated heterocycles. The Hall–Kier alpha value is 0. The van der Waals surface area contributed by atoms with Gasteiger partial charge in [0, 0.05) is 0 Å². The van der Waals surface area contributed by atoms with E-state index in [1.807, 2.05) is 0 Å². The summed E-state index contributed by atoms with van der Waals surface area (Å²) in [6.07, 6.45) is 4.16. The van der Waals surface area contributed by atoms with Gasteiger partial charge in [-0.2, -0.15) is 0 Å². The largest absolute Gasteiger partial charge is 0.0654 e. The summed E-state index contributed by atoms with van der Waals surface area (Å²) in [5.41, 5.74) is 0. The number of hydrogen-bond donors (Lipinski definition) is 0. The van der Waals surface area contributed by atoms with Crippen LogP contribution in [0.4, 0.5) is 0 Å². The smallest absolute Gasteiger partial charge is 0.0210 e. The first-order valence-electron chi connectivity index (χ1n) is 3.19. The second kappa shape index (κ2) is 1.85. The van der Waals surface area contributed by atoms with Crippen LogP contribution in [-0.4, -0.2) is 0 Å². The zero-order chi connectivity index (χ0) is 5.28. The predicted octanol–water partition coefficient (Wildman–Crippen LogP) is 2.40. The van der Waals surface area contributed by atoms with Gasteiger partial charge in [-0.25, -0.2) is 0 Å². The van der Waals surface area contributed by atoms with Gasteiger partial charge in [-0.15, -0.1) is 0 Å². The van der Waals surface area contributed by atoms with E-state index in [0.717, 1.165) is 5.92 Å². The van der Waals surface area contributed by atoms with Crippen LogP contribution in [-0.2, 0) is 0 Å². The summed E-state index contributed by atoms with van der Waals surface area (Å²) in [6, 6.07) is 0. The van der Waals surface area contributed by atoms with Crippen molar-refractivity contribution in [3.63, 3.8) is 0 Å². The van der Waals surface area contributed by atoms with Crippen LogP contribution in [0.3, 0.4) is 0 Å². The summed E-state index contributed by atoms with van der Waals surface area (Å²) in [7, 11) is 0. The Morgan fingerprint density at radius 3 is 2.43 bits per heavy atom. The average molecular weight is 97.2 g/mol. The van der Waals surface area contributed by atoms with E-state index in [2.05, 4.69) is 13.8 Å². The van der Waals surface area contributed by atoms with Crippen LogP contribution in [0.15, 0.2) is 0 Å². The SMILES string of the molecule is CCC[C]1CC1C. The molecule has 0 bridgehead atoms. The highest BCUT2D eigenvalue weighted by molar-refractivity contribution is 5.10. The van der Waals surface area contributed by atoms with Gasteiger partial charge in [0.15, 0.2) is 0 Å². The highest BCUT2D eigenvalue weighted by Gasteiger charge is 2.31. The first-order chi connectivity index (χ1) is 3.34. The molecular formula is C7H13. The minimum absolute atomic E-state index is 0.986. The molecule has 1 aliphatic rings. The van der Waals surface area contributed by atoms with Gasteiger partial charge in [-0.05, 0) is 24.7 Å². The highest BCUT2D eigenvalue weighted by Crippen LogP contribution is 2.43. The van der Waals surface area contributed by atoms with E-state index in [-0.39, 0.29) is 0 Å². The van der Waals surface area contributed by atoms with Crippen LogP contribution < -0.4 is 0 Å². The van der Waals surface area contributed by atoms with E-state index in [1.165, 1.54) is 19.3 Å². The van der Waals surface area contributed by atoms with Crippen LogP contribution in [0.1, 0.15) is 33.1 Å². The molecule has 0 nitrogen and oxygen atoms in total. The van der Waals surface area contributed by atoms with Crippen molar-refractivity contribution in [1.29, 1.82) is 0 Å². The Morgan fingerprint density at radius 1 is 1.71 bits per heavy atom. The molecule has 1 fully saturated rings. The summed E-state index contributed by atoms with van der Waals surface area (Å²) >= 11 is 0. The highest BCUT2D eigenvalue weighted by atomic mass is 14.4. The first-order valence-corrected chi connectivity index (χ1v) is 3.19. The van der Waals surface area contributed by atoms with Gasteiger partial charge in [0.25, 0.3) is 0 Å². The summed E-state index contributed by atoms with van der Waals surface area (Å²) in [5.74, 6) is 2.78. The lowest BCUT2D eigenvalue weighted by molar-refractivity contribution is 0.842. The minimum Gasteiger partial charge on any atom is -0.0654 e. The maximum absolute atomic E-state index is 2.31. The Bertz CT molecular complexity index is 57.1. The van der Waals surface area contributed by atoms with Crippen molar-refractivity contribution in [3.8, 4) is 0 Å². The normalized spacial score (nSPS) is 30.9. The van der Waals surface area contributed by atoms with E-state index in [0.29, 0.717) is 0 Å². The van der Waals surface area contributed by atoms with Crippen molar-refractivity contribution in [2.75, 3.05) is 0 Å². The van der Waals surface area contributed by atoms with Crippen LogP contribution >= 0.6 is 0 Å². The van der Waals surface area contributed by atoms with Gasteiger partial charge in [-0.3, -0.25) is 0 Å². The Labute approximate surface area is 45.9 Å². The van der Waals surface area contributed by atoms with Gasteiger partial charge in [-0.1, -0.05) is 20.3 Å². The van der Waals surface area contributed by atoms with Gasteiger partial charge in [0.1, 0.15) is 0 Å². The molecule has 0 heterocycles. The second-order valence-electron chi connectivity index (χ2n) is 2.51. The van der Waals surface area contributed by atoms with Crippen LogP contribution in [0.5, 0.6) is 0 Å². The summed E-state index contributed by atoms with van der Waals surface area (Å²) in [5, 5.41) is 0. The third-order valence-corrected chi connectivity index (χ3v) is 1.68. The molecule has 1 unspecified atom stereocenters. The lowest BCUT2D eigenvalue weighted by Gasteiger charge is -1.85. The van der Waals surface area contributed by atoms with Crippen molar-refractivity contribution in [2.45, 2.75) is 33.1 Å². The molecule has 0 aromatic rings. The Morgan fingerprint density at radius 2 is 2.29 bits per heavy atom. The van der Waals surface area contributed by atoms with E-state index in [4.69, 9.17) is 0 Å². The number of rotatable bonds is 2. The molecule has 7 heavy (non-hydrogen) atoms. The Balaban J connectivity index is 1.98. The number of hydrogen-bond acceptors (Lipinski definition) is 0. The quantitative estimate of drug-likeness (QED) is 0.496. The van der Waals surface area contributed by atoms with Crippen molar-refractivity contribution in [3.05, 3.63) is 5.92 Å². The standard InChI is InChI=1S/C7H13/c1-3-4-7-5-6(7)2/h6H,3-5H2,1-2H3. The molecule has 0 amide bonds. The van der Waals surface area contributed by atoms with Gasteiger partial charge >= 0.3 is 0 Å². The van der Waals surface area contributed by atoms with Gasteiger partial charge < -0.3 is 0 Å². The monoisotopic (exact) mass is 97.1 g/mol. The third-order valence-electron chi connectivity index (χ3n) is 1.68. The van der Waals surface area contributed by atoms with Crippen molar-refractivity contribution in [1.82, 2.24) is 0 Å². The molecule has 41 valence electrons. The zero-order valence-electron chi connectivity index (χ0n) is 5.20. The molecule has 0 N–H and O–H groups in total. The molecular weight excluding hydrogens is 84.1 g/mol. The average Bonchev–Trinajstić information content (AvgIpc) is 2.22. The maximum Gasteiger partial charge on any atom is -0.0210 e. The molecule has 1 aliphatic carbocycles. The van der Waals surface area contributed by atoms with Crippen molar-refractivity contribution in [2.24, 2.45) is 5.92 Å². The van der Waals surface area contributed by atoms with Crippen LogP contribution in [0.25, 0.3) is 0 Å². The van der Waals surface area contributed by atoms with E-state index in [9.17, 15) is 0 Å². The van der Waals surface area contributed by atoms with E-state index in [1.54, 1.807) is 5.92 Å². The zero-order valence-corrected chi connectivity index (χ0v) is 5.20. The molecule has 0 aromatic heterocycles. The van der Waals surface area contributed by atoms with Gasteiger partial charge in [0.05, 0.1) is 0 Å². The minimum atomic E-state index is 0.986. The summed E-state index contributed by atoms with van der Waals surface area (Å²) in [6.45, 7) is 4.56. The first kappa shape index (κ1) is 5.14. The van der Waals surface area contributed by atoms with Crippen molar-refractivity contribution < 1.29 is 0 Å². The molecule has 1 saturated carbocycles. The van der Waals surface area contributed by atoms with Crippen molar-refractivity contribution >= 4 is 0 Å².